The smallest absolute Gasteiger partial charge is 0.222 e. The molecule has 1 aromatic rings. The molecule has 1 heterocycles. The molecule has 1 aromatic carbocycles. The van der Waals surface area contributed by atoms with E-state index >= 15 is 0 Å². The van der Waals surface area contributed by atoms with Crippen LogP contribution in [-0.2, 0) is 11.3 Å². The maximum atomic E-state index is 11.4. The van der Waals surface area contributed by atoms with Crippen molar-refractivity contribution >= 4 is 11.6 Å². The van der Waals surface area contributed by atoms with Crippen molar-refractivity contribution in [3.63, 3.8) is 0 Å². The number of rotatable bonds is 4. The van der Waals surface area contributed by atoms with Crippen LogP contribution in [0.15, 0.2) is 24.3 Å². The van der Waals surface area contributed by atoms with Crippen molar-refractivity contribution in [3.8, 4) is 0 Å². The number of anilines is 1. The Bertz CT molecular complexity index is 428. The summed E-state index contributed by atoms with van der Waals surface area (Å²) >= 11 is 0. The molecule has 19 heavy (non-hydrogen) atoms. The number of amides is 1. The van der Waals surface area contributed by atoms with Crippen LogP contribution in [0, 0.1) is 0 Å². The van der Waals surface area contributed by atoms with Crippen molar-refractivity contribution in [1.82, 2.24) is 10.2 Å². The number of benzene rings is 1. The average molecular weight is 261 g/mol. The Kier molecular flexibility index (Phi) is 4.43. The van der Waals surface area contributed by atoms with E-state index in [9.17, 15) is 4.79 Å². The molecule has 1 unspecified atom stereocenters. The van der Waals surface area contributed by atoms with Gasteiger partial charge in [0, 0.05) is 52.4 Å². The molecule has 0 aromatic heterocycles. The second-order valence-corrected chi connectivity index (χ2v) is 5.45. The fraction of sp³-hybridized carbons (Fsp3) is 0.533. The van der Waals surface area contributed by atoms with Crippen LogP contribution in [0.1, 0.15) is 18.4 Å². The molecule has 4 heteroatoms. The predicted molar refractivity (Wildman–Crippen MR) is 78.3 cm³/mol. The van der Waals surface area contributed by atoms with Crippen LogP contribution < -0.4 is 10.2 Å². The van der Waals surface area contributed by atoms with Gasteiger partial charge in [0.15, 0.2) is 0 Å². The lowest BCUT2D eigenvalue weighted by Gasteiger charge is -2.30. The van der Waals surface area contributed by atoms with Crippen molar-refractivity contribution in [2.24, 2.45) is 0 Å². The van der Waals surface area contributed by atoms with Gasteiger partial charge in [-0.1, -0.05) is 12.1 Å². The van der Waals surface area contributed by atoms with E-state index in [1.54, 1.807) is 0 Å². The molecular formula is C15H23N3O. The molecule has 1 saturated heterocycles. The maximum absolute atomic E-state index is 11.4. The fourth-order valence-corrected chi connectivity index (χ4v) is 2.35. The standard InChI is InChI=1S/C15H23N3O/c1-17(2)14-7-4-12(5-8-14)10-16-13-6-9-15(19)18(3)11-13/h4-5,7-8,13,16H,6,9-11H2,1-3H3. The van der Waals surface area contributed by atoms with Gasteiger partial charge in [0.1, 0.15) is 0 Å². The quantitative estimate of drug-likeness (QED) is 0.891. The first-order valence-corrected chi connectivity index (χ1v) is 6.80. The zero-order valence-electron chi connectivity index (χ0n) is 12.0. The lowest BCUT2D eigenvalue weighted by Crippen LogP contribution is -2.46. The molecular weight excluding hydrogens is 238 g/mol. The van der Waals surface area contributed by atoms with Gasteiger partial charge in [-0.15, -0.1) is 0 Å². The Balaban J connectivity index is 1.83. The Morgan fingerprint density at radius 2 is 2.00 bits per heavy atom. The summed E-state index contributed by atoms with van der Waals surface area (Å²) in [6.45, 7) is 1.68. The normalized spacial score (nSPS) is 19.6. The molecule has 0 radical (unpaired) electrons. The van der Waals surface area contributed by atoms with Crippen molar-refractivity contribution < 1.29 is 4.79 Å². The monoisotopic (exact) mass is 261 g/mol. The van der Waals surface area contributed by atoms with Crippen LogP contribution in [0.5, 0.6) is 0 Å². The molecule has 1 atom stereocenters. The van der Waals surface area contributed by atoms with E-state index in [1.807, 2.05) is 26.0 Å². The molecule has 1 N–H and O–H groups in total. The van der Waals surface area contributed by atoms with Gasteiger partial charge in [-0.05, 0) is 24.1 Å². The molecule has 1 amide bonds. The summed E-state index contributed by atoms with van der Waals surface area (Å²) in [6, 6.07) is 8.98. The molecule has 1 fully saturated rings. The second kappa shape index (κ2) is 6.06. The number of nitrogens with one attached hydrogen (secondary N) is 1. The average Bonchev–Trinajstić information content (AvgIpc) is 2.40. The van der Waals surface area contributed by atoms with E-state index in [0.717, 1.165) is 19.5 Å². The number of piperidine rings is 1. The molecule has 1 aliphatic rings. The molecule has 1 aliphatic heterocycles. The summed E-state index contributed by atoms with van der Waals surface area (Å²) in [4.78, 5) is 15.3. The lowest BCUT2D eigenvalue weighted by atomic mass is 10.1. The Morgan fingerprint density at radius 1 is 1.32 bits per heavy atom. The number of likely N-dealkylation sites (tertiary alicyclic amines) is 1. The number of hydrogen-bond acceptors (Lipinski definition) is 3. The van der Waals surface area contributed by atoms with Crippen LogP contribution in [0.2, 0.25) is 0 Å². The van der Waals surface area contributed by atoms with Crippen molar-refractivity contribution in [1.29, 1.82) is 0 Å². The van der Waals surface area contributed by atoms with Gasteiger partial charge >= 0.3 is 0 Å². The van der Waals surface area contributed by atoms with Gasteiger partial charge in [0.2, 0.25) is 5.91 Å². The first kappa shape index (κ1) is 13.9. The van der Waals surface area contributed by atoms with Crippen LogP contribution in [0.25, 0.3) is 0 Å². The molecule has 0 saturated carbocycles. The number of carbonyl (C=O) groups excluding carboxylic acids is 1. The Labute approximate surface area is 115 Å². The fourth-order valence-electron chi connectivity index (χ4n) is 2.35. The van der Waals surface area contributed by atoms with Crippen LogP contribution >= 0.6 is 0 Å². The van der Waals surface area contributed by atoms with Crippen molar-refractivity contribution in [2.75, 3.05) is 32.6 Å². The molecule has 0 aliphatic carbocycles. The molecule has 4 nitrogen and oxygen atoms in total. The highest BCUT2D eigenvalue weighted by atomic mass is 16.2. The van der Waals surface area contributed by atoms with Gasteiger partial charge in [-0.3, -0.25) is 4.79 Å². The van der Waals surface area contributed by atoms with E-state index in [0.29, 0.717) is 12.5 Å². The van der Waals surface area contributed by atoms with Gasteiger partial charge in [0.25, 0.3) is 0 Å². The summed E-state index contributed by atoms with van der Waals surface area (Å²) in [5, 5.41) is 3.53. The van der Waals surface area contributed by atoms with E-state index in [-0.39, 0.29) is 5.91 Å². The van der Waals surface area contributed by atoms with E-state index in [1.165, 1.54) is 11.3 Å². The number of carbonyl (C=O) groups is 1. The Morgan fingerprint density at radius 3 is 2.58 bits per heavy atom. The highest BCUT2D eigenvalue weighted by Gasteiger charge is 2.21. The zero-order chi connectivity index (χ0) is 13.8. The minimum absolute atomic E-state index is 0.258. The van der Waals surface area contributed by atoms with Gasteiger partial charge in [0.05, 0.1) is 0 Å². The third-order valence-electron chi connectivity index (χ3n) is 3.67. The van der Waals surface area contributed by atoms with Crippen LogP contribution in [-0.4, -0.2) is 44.5 Å². The van der Waals surface area contributed by atoms with Gasteiger partial charge < -0.3 is 15.1 Å². The maximum Gasteiger partial charge on any atom is 0.222 e. The third-order valence-corrected chi connectivity index (χ3v) is 3.67. The topological polar surface area (TPSA) is 35.6 Å². The van der Waals surface area contributed by atoms with E-state index < -0.39 is 0 Å². The highest BCUT2D eigenvalue weighted by Crippen LogP contribution is 2.13. The van der Waals surface area contributed by atoms with Crippen molar-refractivity contribution in [3.05, 3.63) is 29.8 Å². The summed E-state index contributed by atoms with van der Waals surface area (Å²) in [6.07, 6.45) is 1.60. The largest absolute Gasteiger partial charge is 0.378 e. The van der Waals surface area contributed by atoms with Crippen LogP contribution in [0.4, 0.5) is 5.69 Å². The third kappa shape index (κ3) is 3.70. The van der Waals surface area contributed by atoms with Crippen molar-refractivity contribution in [2.45, 2.75) is 25.4 Å². The first-order valence-electron chi connectivity index (χ1n) is 6.80. The van der Waals surface area contributed by atoms with E-state index in [4.69, 9.17) is 0 Å². The first-order chi connectivity index (χ1) is 9.06. The summed E-state index contributed by atoms with van der Waals surface area (Å²) in [5.74, 6) is 0.258. The zero-order valence-corrected chi connectivity index (χ0v) is 12.0. The van der Waals surface area contributed by atoms with E-state index in [2.05, 4.69) is 34.5 Å². The lowest BCUT2D eigenvalue weighted by molar-refractivity contribution is -0.132. The predicted octanol–water partition coefficient (Wildman–Crippen LogP) is 1.46. The Hall–Kier alpha value is -1.55. The molecule has 2 rings (SSSR count). The molecule has 104 valence electrons. The number of hydrogen-bond donors (Lipinski definition) is 1. The summed E-state index contributed by atoms with van der Waals surface area (Å²) in [5.41, 5.74) is 2.50. The highest BCUT2D eigenvalue weighted by molar-refractivity contribution is 5.76. The van der Waals surface area contributed by atoms with Gasteiger partial charge in [-0.2, -0.15) is 0 Å². The minimum Gasteiger partial charge on any atom is -0.378 e. The summed E-state index contributed by atoms with van der Waals surface area (Å²) < 4.78 is 0. The minimum atomic E-state index is 0.258. The second-order valence-electron chi connectivity index (χ2n) is 5.45. The number of likely N-dealkylation sites (N-methyl/N-ethyl adjacent to an activating group) is 1. The van der Waals surface area contributed by atoms with Crippen LogP contribution in [0.3, 0.4) is 0 Å². The molecule has 0 bridgehead atoms. The van der Waals surface area contributed by atoms with Gasteiger partial charge in [-0.25, -0.2) is 0 Å². The summed E-state index contributed by atoms with van der Waals surface area (Å²) in [7, 11) is 5.96. The SMILES string of the molecule is CN1CC(NCc2ccc(N(C)C)cc2)CCC1=O. The molecule has 0 spiro atoms. The number of nitrogens with zero attached hydrogens (tertiary/aromatic N) is 2.